The van der Waals surface area contributed by atoms with Gasteiger partial charge in [-0.05, 0) is 53.6 Å². The number of methoxy groups -OCH3 is 1. The average molecular weight is 720 g/mol. The molecular weight excluding hydrogens is 694 g/mol. The Morgan fingerprint density at radius 3 is 2.28 bits per heavy atom. The fourth-order valence-electron chi connectivity index (χ4n) is 3.79. The van der Waals surface area contributed by atoms with Gasteiger partial charge in [-0.15, -0.1) is 3.89 Å². The second-order valence-electron chi connectivity index (χ2n) is 8.91. The zero-order valence-electron chi connectivity index (χ0n) is 23.4. The molecule has 3 aromatic carbocycles. The second kappa shape index (κ2) is 15.2. The number of carbonyl (C=O) groups excluding carboxylic acids is 1. The highest BCUT2D eigenvalue weighted by Crippen LogP contribution is 2.35. The minimum absolute atomic E-state index is 0.0328. The van der Waals surface area contributed by atoms with Crippen molar-refractivity contribution in [1.82, 2.24) is 15.3 Å². The maximum atomic E-state index is 13.2. The van der Waals surface area contributed by atoms with Crippen LogP contribution in [0.5, 0.6) is 11.5 Å². The van der Waals surface area contributed by atoms with E-state index < -0.39 is 31.5 Å². The standard InChI is InChI=1S/C26H23Cl2FN6O5S.H2O4S/c1-39-22-9-14(12-32-26(36)33-16-3-2-4-17(11-16)41(29,37)38)5-8-21(22)40-13-20-23(24(30)35-25(31)34-20)15-6-7-18(27)19(28)10-15;1-5(2,3)4/h2-11H,12-13H2,1H3,(H2,32,33,36)(H4,30,31,34,35);(H2,1,2,3,4). The van der Waals surface area contributed by atoms with E-state index in [1.807, 2.05) is 0 Å². The Labute approximate surface area is 272 Å². The molecule has 20 heteroatoms. The Bertz CT molecular complexity index is 1960. The summed E-state index contributed by atoms with van der Waals surface area (Å²) in [7, 11) is -8.11. The normalized spacial score (nSPS) is 11.2. The summed E-state index contributed by atoms with van der Waals surface area (Å²) in [5, 5.41) is 5.78. The number of anilines is 3. The van der Waals surface area contributed by atoms with Gasteiger partial charge in [-0.1, -0.05) is 41.4 Å². The van der Waals surface area contributed by atoms with Gasteiger partial charge < -0.3 is 31.6 Å². The SMILES string of the molecule is COc1cc(CNC(=O)Nc2cccc(S(=O)(=O)F)c2)ccc1OCc1nc(N)nc(N)c1-c1ccc(Cl)c(Cl)c1.O=S(=O)(O)O. The van der Waals surface area contributed by atoms with Crippen molar-refractivity contribution in [2.75, 3.05) is 23.9 Å². The van der Waals surface area contributed by atoms with Crippen LogP contribution in [0, 0.1) is 0 Å². The molecule has 46 heavy (non-hydrogen) atoms. The highest BCUT2D eigenvalue weighted by Gasteiger charge is 2.17. The quantitative estimate of drug-likeness (QED) is 0.103. The van der Waals surface area contributed by atoms with E-state index in [-0.39, 0.29) is 30.6 Å². The van der Waals surface area contributed by atoms with Crippen molar-refractivity contribution < 1.29 is 44.1 Å². The van der Waals surface area contributed by atoms with E-state index in [9.17, 15) is 17.1 Å². The van der Waals surface area contributed by atoms with Crippen LogP contribution in [0.25, 0.3) is 11.1 Å². The predicted molar refractivity (Wildman–Crippen MR) is 168 cm³/mol. The number of benzene rings is 3. The fraction of sp³-hybridized carbons (Fsp3) is 0.115. The number of amides is 2. The van der Waals surface area contributed by atoms with Crippen LogP contribution in [0.15, 0.2) is 65.6 Å². The molecule has 2 amide bonds. The average Bonchev–Trinajstić information content (AvgIpc) is 2.95. The Morgan fingerprint density at radius 2 is 1.65 bits per heavy atom. The van der Waals surface area contributed by atoms with E-state index in [0.717, 1.165) is 12.1 Å². The van der Waals surface area contributed by atoms with Crippen LogP contribution in [-0.2, 0) is 33.8 Å². The van der Waals surface area contributed by atoms with Crippen molar-refractivity contribution in [2.24, 2.45) is 0 Å². The lowest BCUT2D eigenvalue weighted by Crippen LogP contribution is -2.28. The number of urea groups is 1. The lowest BCUT2D eigenvalue weighted by molar-refractivity contribution is 0.251. The summed E-state index contributed by atoms with van der Waals surface area (Å²) in [4.78, 5) is 20.1. The summed E-state index contributed by atoms with van der Waals surface area (Å²) in [6, 6.07) is 14.2. The van der Waals surface area contributed by atoms with E-state index in [0.29, 0.717) is 43.9 Å². The third-order valence-corrected chi connectivity index (χ3v) is 7.21. The van der Waals surface area contributed by atoms with Crippen LogP contribution in [0.3, 0.4) is 0 Å². The molecular formula is C26H25Cl2FN6O9S2. The number of carbonyl (C=O) groups is 1. The molecule has 0 saturated carbocycles. The molecule has 246 valence electrons. The van der Waals surface area contributed by atoms with Crippen LogP contribution in [0.2, 0.25) is 10.0 Å². The zero-order chi connectivity index (χ0) is 34.2. The van der Waals surface area contributed by atoms with E-state index in [1.54, 1.807) is 36.4 Å². The molecule has 15 nitrogen and oxygen atoms in total. The molecule has 0 aliphatic rings. The number of rotatable bonds is 9. The second-order valence-corrected chi connectivity index (χ2v) is 12.0. The molecule has 0 radical (unpaired) electrons. The molecule has 0 aliphatic carbocycles. The summed E-state index contributed by atoms with van der Waals surface area (Å²) in [6.07, 6.45) is 0. The highest BCUT2D eigenvalue weighted by atomic mass is 35.5. The number of nitrogen functional groups attached to an aromatic ring is 2. The Kier molecular flexibility index (Phi) is 11.9. The van der Waals surface area contributed by atoms with Gasteiger partial charge in [0, 0.05) is 17.8 Å². The molecule has 4 rings (SSSR count). The molecule has 0 aliphatic heterocycles. The number of hydrogen-bond acceptors (Lipinski definition) is 11. The molecule has 4 aromatic rings. The largest absolute Gasteiger partial charge is 0.493 e. The van der Waals surface area contributed by atoms with Gasteiger partial charge in [-0.3, -0.25) is 9.11 Å². The van der Waals surface area contributed by atoms with Gasteiger partial charge in [0.15, 0.2) is 11.5 Å². The number of ether oxygens (including phenoxy) is 2. The fourth-order valence-corrected chi connectivity index (χ4v) is 4.59. The van der Waals surface area contributed by atoms with Gasteiger partial charge >= 0.3 is 26.7 Å². The zero-order valence-corrected chi connectivity index (χ0v) is 26.6. The van der Waals surface area contributed by atoms with Gasteiger partial charge in [-0.2, -0.15) is 21.8 Å². The number of nitrogens with zero attached hydrogens (tertiary/aromatic N) is 2. The molecule has 1 aromatic heterocycles. The van der Waals surface area contributed by atoms with Crippen molar-refractivity contribution in [1.29, 1.82) is 0 Å². The molecule has 0 spiro atoms. The first-order valence-electron chi connectivity index (χ1n) is 12.4. The number of nitrogens with one attached hydrogen (secondary N) is 2. The van der Waals surface area contributed by atoms with Crippen molar-refractivity contribution in [2.45, 2.75) is 18.0 Å². The summed E-state index contributed by atoms with van der Waals surface area (Å²) in [5.74, 6) is 0.853. The van der Waals surface area contributed by atoms with Crippen LogP contribution >= 0.6 is 23.2 Å². The highest BCUT2D eigenvalue weighted by molar-refractivity contribution is 7.86. The Balaban J connectivity index is 0.00000107. The maximum Gasteiger partial charge on any atom is 0.394 e. The van der Waals surface area contributed by atoms with Crippen LogP contribution in [0.4, 0.5) is 26.1 Å². The molecule has 0 atom stereocenters. The van der Waals surface area contributed by atoms with Crippen molar-refractivity contribution in [3.63, 3.8) is 0 Å². The molecule has 1 heterocycles. The van der Waals surface area contributed by atoms with Crippen LogP contribution < -0.4 is 31.6 Å². The third kappa shape index (κ3) is 10.9. The molecule has 0 fully saturated rings. The summed E-state index contributed by atoms with van der Waals surface area (Å²) < 4.78 is 78.4. The van der Waals surface area contributed by atoms with Gasteiger partial charge in [0.25, 0.3) is 0 Å². The van der Waals surface area contributed by atoms with Crippen LogP contribution in [-0.4, -0.2) is 49.0 Å². The Morgan fingerprint density at radius 1 is 0.957 bits per heavy atom. The number of hydrogen-bond donors (Lipinski definition) is 6. The molecule has 0 bridgehead atoms. The topological polar surface area (TPSA) is 246 Å². The van der Waals surface area contributed by atoms with Crippen molar-refractivity contribution in [3.8, 4) is 22.6 Å². The minimum atomic E-state index is -4.90. The molecule has 8 N–H and O–H groups in total. The number of halogens is 3. The lowest BCUT2D eigenvalue weighted by Gasteiger charge is -2.16. The molecule has 0 unspecified atom stereocenters. The monoisotopic (exact) mass is 718 g/mol. The van der Waals surface area contributed by atoms with E-state index in [4.69, 9.17) is 61.7 Å². The van der Waals surface area contributed by atoms with Gasteiger partial charge in [-0.25, -0.2) is 9.78 Å². The van der Waals surface area contributed by atoms with Gasteiger partial charge in [0.05, 0.1) is 22.8 Å². The summed E-state index contributed by atoms with van der Waals surface area (Å²) in [5.41, 5.74) is 14.3. The lowest BCUT2D eigenvalue weighted by atomic mass is 10.0. The van der Waals surface area contributed by atoms with Gasteiger partial charge in [0.2, 0.25) is 5.95 Å². The predicted octanol–water partition coefficient (Wildman–Crippen LogP) is 4.53. The first-order chi connectivity index (χ1) is 21.4. The Hall–Kier alpha value is -4.46. The minimum Gasteiger partial charge on any atom is -0.493 e. The van der Waals surface area contributed by atoms with Crippen molar-refractivity contribution >= 4 is 67.3 Å². The van der Waals surface area contributed by atoms with Gasteiger partial charge in [0.1, 0.15) is 17.3 Å². The van der Waals surface area contributed by atoms with E-state index >= 15 is 0 Å². The smallest absolute Gasteiger partial charge is 0.394 e. The van der Waals surface area contributed by atoms with E-state index in [1.165, 1.54) is 19.2 Å². The van der Waals surface area contributed by atoms with Crippen molar-refractivity contribution in [3.05, 3.63) is 82.0 Å². The summed E-state index contributed by atoms with van der Waals surface area (Å²) >= 11 is 12.2. The van der Waals surface area contributed by atoms with E-state index in [2.05, 4.69) is 20.6 Å². The first kappa shape index (κ1) is 36.0. The number of aromatic nitrogens is 2. The maximum absolute atomic E-state index is 13.2. The third-order valence-electron chi connectivity index (χ3n) is 5.66. The molecule has 0 saturated heterocycles. The number of nitrogens with two attached hydrogens (primary N) is 2. The summed E-state index contributed by atoms with van der Waals surface area (Å²) in [6.45, 7) is 0.0422. The first-order valence-corrected chi connectivity index (χ1v) is 15.9. The van der Waals surface area contributed by atoms with Crippen LogP contribution in [0.1, 0.15) is 11.3 Å².